The molecule has 17 heteroatoms. The van der Waals surface area contributed by atoms with E-state index in [0.29, 0.717) is 11.5 Å². The van der Waals surface area contributed by atoms with Crippen LogP contribution in [0.1, 0.15) is 12.0 Å². The summed E-state index contributed by atoms with van der Waals surface area (Å²) in [5.41, 5.74) is -0.807. The fourth-order valence-corrected chi connectivity index (χ4v) is 5.27. The zero-order valence-electron chi connectivity index (χ0n) is 18.7. The van der Waals surface area contributed by atoms with E-state index < -0.39 is 58.0 Å². The highest BCUT2D eigenvalue weighted by atomic mass is 31.3. The van der Waals surface area contributed by atoms with Crippen molar-refractivity contribution in [3.8, 4) is 11.3 Å². The van der Waals surface area contributed by atoms with Gasteiger partial charge in [0.2, 0.25) is 0 Å². The molecule has 37 heavy (non-hydrogen) atoms. The number of phosphoric acid groups is 2. The number of phosphoric ester groups is 1. The van der Waals surface area contributed by atoms with Gasteiger partial charge in [0.25, 0.3) is 5.56 Å². The molecule has 5 atom stereocenters. The van der Waals surface area contributed by atoms with E-state index in [1.165, 1.54) is 0 Å². The second-order valence-electron chi connectivity index (χ2n) is 7.94. The van der Waals surface area contributed by atoms with E-state index in [0.717, 1.165) is 27.0 Å². The average molecular weight is 560 g/mol. The standard InChI is InChI=1S/C20H22N2O13P2/c23-16-8-9-21(19-18(25)17(24)15(34-19)11-32-37(30,31)35-36(27,28)29)20(26)22(16)10-13-6-7-14(33-13)12-4-2-1-3-5-12/h1-9,15,17-19,24-25H,10-11H2,(H,30,31)(H2,27,28,29). The number of nitrogens with zero attached hydrogens (tertiary/aromatic N) is 2. The fourth-order valence-electron chi connectivity index (χ4n) is 3.67. The normalized spacial score (nSPS) is 23.7. The molecule has 4 rings (SSSR count). The first-order valence-corrected chi connectivity index (χ1v) is 13.6. The van der Waals surface area contributed by atoms with Crippen LogP contribution in [0.15, 0.2) is 68.7 Å². The van der Waals surface area contributed by atoms with Crippen LogP contribution in [0.5, 0.6) is 0 Å². The Labute approximate surface area is 207 Å². The lowest BCUT2D eigenvalue weighted by molar-refractivity contribution is -0.0547. The molecule has 0 bridgehead atoms. The van der Waals surface area contributed by atoms with Crippen molar-refractivity contribution >= 4 is 15.6 Å². The van der Waals surface area contributed by atoms with E-state index in [2.05, 4.69) is 8.83 Å². The first-order valence-electron chi connectivity index (χ1n) is 10.6. The Morgan fingerprint density at radius 3 is 2.32 bits per heavy atom. The quantitative estimate of drug-likeness (QED) is 0.221. The van der Waals surface area contributed by atoms with Crippen LogP contribution < -0.4 is 11.2 Å². The molecule has 1 aliphatic rings. The van der Waals surface area contributed by atoms with Gasteiger partial charge in [-0.25, -0.2) is 13.9 Å². The minimum atomic E-state index is -5.37. The molecular weight excluding hydrogens is 538 g/mol. The summed E-state index contributed by atoms with van der Waals surface area (Å²) >= 11 is 0. The van der Waals surface area contributed by atoms with E-state index in [1.54, 1.807) is 12.1 Å². The van der Waals surface area contributed by atoms with Crippen LogP contribution in [-0.4, -0.2) is 58.9 Å². The number of rotatable bonds is 9. The van der Waals surface area contributed by atoms with Crippen LogP contribution in [-0.2, 0) is 29.2 Å². The summed E-state index contributed by atoms with van der Waals surface area (Å²) in [6.45, 7) is -1.19. The van der Waals surface area contributed by atoms with Gasteiger partial charge in [0.1, 0.15) is 29.8 Å². The molecule has 15 nitrogen and oxygen atoms in total. The maximum atomic E-state index is 13.1. The third kappa shape index (κ3) is 6.43. The highest BCUT2D eigenvalue weighted by Crippen LogP contribution is 2.57. The van der Waals surface area contributed by atoms with Gasteiger partial charge >= 0.3 is 21.3 Å². The number of ether oxygens (including phenoxy) is 1. The predicted molar refractivity (Wildman–Crippen MR) is 123 cm³/mol. The van der Waals surface area contributed by atoms with E-state index in [-0.39, 0.29) is 6.54 Å². The lowest BCUT2D eigenvalue weighted by atomic mass is 10.1. The van der Waals surface area contributed by atoms with Crippen LogP contribution in [0.4, 0.5) is 0 Å². The SMILES string of the molecule is O=c1ccn(C2OC(COP(=O)(O)OP(=O)(O)O)C(O)C2O)c(=O)n1Cc1ccc(-c2ccccc2)o1. The number of hydrogen-bond donors (Lipinski definition) is 5. The van der Waals surface area contributed by atoms with Gasteiger partial charge in [0.05, 0.1) is 13.2 Å². The minimum Gasteiger partial charge on any atom is -0.459 e. The highest BCUT2D eigenvalue weighted by molar-refractivity contribution is 7.60. The number of aliphatic hydroxyl groups excluding tert-OH is 2. The third-order valence-corrected chi connectivity index (χ3v) is 7.50. The maximum absolute atomic E-state index is 13.1. The Bertz CT molecular complexity index is 1460. The maximum Gasteiger partial charge on any atom is 0.481 e. The molecule has 1 aromatic carbocycles. The monoisotopic (exact) mass is 560 g/mol. The third-order valence-electron chi connectivity index (χ3n) is 5.35. The molecule has 0 aliphatic carbocycles. The van der Waals surface area contributed by atoms with Gasteiger partial charge in [0, 0.05) is 17.8 Å². The van der Waals surface area contributed by atoms with Crippen molar-refractivity contribution in [1.82, 2.24) is 9.13 Å². The molecule has 1 fully saturated rings. The van der Waals surface area contributed by atoms with Crippen LogP contribution in [0, 0.1) is 0 Å². The Kier molecular flexibility index (Phi) is 7.83. The van der Waals surface area contributed by atoms with Gasteiger partial charge < -0.3 is 34.0 Å². The second kappa shape index (κ2) is 10.6. The molecular formula is C20H22N2O13P2. The van der Waals surface area contributed by atoms with Crippen LogP contribution in [0.2, 0.25) is 0 Å². The molecule has 1 aliphatic heterocycles. The summed E-state index contributed by atoms with van der Waals surface area (Å²) in [6.07, 6.45) is -5.50. The van der Waals surface area contributed by atoms with Crippen LogP contribution >= 0.6 is 15.6 Å². The Hall–Kier alpha value is -2.68. The van der Waals surface area contributed by atoms with Gasteiger partial charge in [-0.3, -0.25) is 18.5 Å². The smallest absolute Gasteiger partial charge is 0.459 e. The molecule has 200 valence electrons. The highest BCUT2D eigenvalue weighted by Gasteiger charge is 2.46. The van der Waals surface area contributed by atoms with Crippen LogP contribution in [0.3, 0.4) is 0 Å². The van der Waals surface area contributed by atoms with Crippen molar-refractivity contribution in [2.45, 2.75) is 31.1 Å². The average Bonchev–Trinajstić information content (AvgIpc) is 3.40. The lowest BCUT2D eigenvalue weighted by Crippen LogP contribution is -2.43. The van der Waals surface area contributed by atoms with Crippen molar-refractivity contribution in [3.05, 3.63) is 81.3 Å². The summed E-state index contributed by atoms with van der Waals surface area (Å²) in [6, 6.07) is 13.4. The van der Waals surface area contributed by atoms with Crippen molar-refractivity contribution < 1.29 is 52.0 Å². The molecule has 5 N–H and O–H groups in total. The van der Waals surface area contributed by atoms with Gasteiger partial charge in [-0.05, 0) is 12.1 Å². The van der Waals surface area contributed by atoms with Crippen molar-refractivity contribution in [3.63, 3.8) is 0 Å². The van der Waals surface area contributed by atoms with Gasteiger partial charge in [0.15, 0.2) is 6.23 Å². The summed E-state index contributed by atoms with van der Waals surface area (Å²) in [5.74, 6) is 0.808. The number of hydrogen-bond acceptors (Lipinski definition) is 10. The molecule has 3 heterocycles. The van der Waals surface area contributed by atoms with E-state index in [4.69, 9.17) is 18.9 Å². The topological polar surface area (TPSA) is 220 Å². The lowest BCUT2D eigenvalue weighted by Gasteiger charge is -2.19. The van der Waals surface area contributed by atoms with Gasteiger partial charge in [-0.15, -0.1) is 0 Å². The first kappa shape index (κ1) is 27.4. The van der Waals surface area contributed by atoms with Crippen molar-refractivity contribution in [2.24, 2.45) is 0 Å². The van der Waals surface area contributed by atoms with Crippen molar-refractivity contribution in [2.75, 3.05) is 6.61 Å². The molecule has 5 unspecified atom stereocenters. The van der Waals surface area contributed by atoms with Crippen LogP contribution in [0.25, 0.3) is 11.3 Å². The minimum absolute atomic E-state index is 0.253. The number of benzene rings is 1. The predicted octanol–water partition coefficient (Wildman–Crippen LogP) is 0.164. The Balaban J connectivity index is 1.52. The molecule has 0 amide bonds. The largest absolute Gasteiger partial charge is 0.481 e. The Morgan fingerprint density at radius 1 is 0.946 bits per heavy atom. The van der Waals surface area contributed by atoms with E-state index in [1.807, 2.05) is 30.3 Å². The molecule has 0 spiro atoms. The Morgan fingerprint density at radius 2 is 1.65 bits per heavy atom. The van der Waals surface area contributed by atoms with E-state index in [9.17, 15) is 33.8 Å². The second-order valence-corrected chi connectivity index (χ2v) is 10.8. The zero-order valence-corrected chi connectivity index (χ0v) is 20.5. The summed E-state index contributed by atoms with van der Waals surface area (Å²) in [5, 5.41) is 20.7. The van der Waals surface area contributed by atoms with Gasteiger partial charge in [-0.1, -0.05) is 30.3 Å². The van der Waals surface area contributed by atoms with E-state index >= 15 is 0 Å². The molecule has 1 saturated heterocycles. The molecule has 0 radical (unpaired) electrons. The number of aliphatic hydroxyl groups is 2. The number of furan rings is 1. The summed E-state index contributed by atoms with van der Waals surface area (Å²) in [4.78, 5) is 52.2. The zero-order chi connectivity index (χ0) is 27.0. The van der Waals surface area contributed by atoms with Crippen molar-refractivity contribution in [1.29, 1.82) is 0 Å². The molecule has 0 saturated carbocycles. The fraction of sp³-hybridized carbons (Fsp3) is 0.300. The van der Waals surface area contributed by atoms with Gasteiger partial charge in [-0.2, -0.15) is 4.31 Å². The first-order chi connectivity index (χ1) is 17.3. The molecule has 3 aromatic rings. The number of aromatic nitrogens is 2. The summed E-state index contributed by atoms with van der Waals surface area (Å²) in [7, 11) is -10.6. The molecule has 2 aromatic heterocycles. The summed E-state index contributed by atoms with van der Waals surface area (Å²) < 4.78 is 43.3.